The molecule has 0 amide bonds. The second kappa shape index (κ2) is 4.22. The summed E-state index contributed by atoms with van der Waals surface area (Å²) in [5.74, 6) is 0.324. The molecule has 0 bridgehead atoms. The zero-order chi connectivity index (χ0) is 11.7. The first kappa shape index (κ1) is 10.4. The summed E-state index contributed by atoms with van der Waals surface area (Å²) in [5, 5.41) is 12.8. The Morgan fingerprint density at radius 3 is 2.41 bits per heavy atom. The summed E-state index contributed by atoms with van der Waals surface area (Å²) in [7, 11) is 0. The summed E-state index contributed by atoms with van der Waals surface area (Å²) in [6.07, 6.45) is 1.01. The van der Waals surface area contributed by atoms with Crippen molar-refractivity contribution in [2.75, 3.05) is 0 Å². The minimum atomic E-state index is 0.324. The summed E-state index contributed by atoms with van der Waals surface area (Å²) in [5.41, 5.74) is 4.05. The van der Waals surface area contributed by atoms with Crippen LogP contribution in [0.2, 0.25) is 0 Å². The molecule has 0 fully saturated rings. The third kappa shape index (κ3) is 2.04. The van der Waals surface area contributed by atoms with E-state index < -0.39 is 0 Å². The van der Waals surface area contributed by atoms with Crippen molar-refractivity contribution < 1.29 is 5.11 Å². The van der Waals surface area contributed by atoms with E-state index in [4.69, 9.17) is 0 Å². The van der Waals surface area contributed by atoms with Gasteiger partial charge in [-0.25, -0.2) is 0 Å². The largest absolute Gasteiger partial charge is 0.508 e. The van der Waals surface area contributed by atoms with E-state index in [1.165, 1.54) is 16.7 Å². The lowest BCUT2D eigenvalue weighted by atomic mass is 9.92. The predicted octanol–water partition coefficient (Wildman–Crippen LogP) is 2.78. The quantitative estimate of drug-likeness (QED) is 0.782. The molecule has 17 heavy (non-hydrogen) atoms. The Morgan fingerprint density at radius 2 is 1.65 bits per heavy atom. The molecule has 1 unspecified atom stereocenters. The minimum Gasteiger partial charge on any atom is -0.508 e. The summed E-state index contributed by atoms with van der Waals surface area (Å²) in [6, 6.07) is 16.4. The van der Waals surface area contributed by atoms with Crippen LogP contribution in [-0.4, -0.2) is 5.11 Å². The summed E-state index contributed by atoms with van der Waals surface area (Å²) >= 11 is 0. The molecule has 1 aliphatic rings. The first-order valence-corrected chi connectivity index (χ1v) is 5.92. The van der Waals surface area contributed by atoms with E-state index >= 15 is 0 Å². The lowest BCUT2D eigenvalue weighted by molar-refractivity contribution is 0.472. The maximum Gasteiger partial charge on any atom is 0.115 e. The van der Waals surface area contributed by atoms with Gasteiger partial charge in [0.25, 0.3) is 0 Å². The Morgan fingerprint density at radius 1 is 0.941 bits per heavy atom. The van der Waals surface area contributed by atoms with Crippen LogP contribution in [0.1, 0.15) is 22.7 Å². The zero-order valence-corrected chi connectivity index (χ0v) is 9.56. The van der Waals surface area contributed by atoms with Gasteiger partial charge in [0.2, 0.25) is 0 Å². The van der Waals surface area contributed by atoms with Gasteiger partial charge in [-0.3, -0.25) is 0 Å². The van der Waals surface area contributed by atoms with Gasteiger partial charge in [0, 0.05) is 12.6 Å². The van der Waals surface area contributed by atoms with Crippen LogP contribution < -0.4 is 5.32 Å². The Kier molecular flexibility index (Phi) is 2.57. The lowest BCUT2D eigenvalue weighted by Crippen LogP contribution is -2.28. The van der Waals surface area contributed by atoms with Crippen molar-refractivity contribution in [2.45, 2.75) is 19.0 Å². The SMILES string of the molecule is Oc1ccc(C2Cc3ccccc3CN2)cc1. The Hall–Kier alpha value is -1.80. The molecular formula is C15H15NO. The number of nitrogens with one attached hydrogen (secondary N) is 1. The van der Waals surface area contributed by atoms with E-state index in [0.29, 0.717) is 11.8 Å². The number of aromatic hydroxyl groups is 1. The average molecular weight is 225 g/mol. The molecule has 86 valence electrons. The molecule has 0 radical (unpaired) electrons. The first-order chi connectivity index (χ1) is 8.33. The Balaban J connectivity index is 1.86. The Bertz CT molecular complexity index is 519. The topological polar surface area (TPSA) is 32.3 Å². The molecule has 2 nitrogen and oxygen atoms in total. The van der Waals surface area contributed by atoms with E-state index in [2.05, 4.69) is 29.6 Å². The zero-order valence-electron chi connectivity index (χ0n) is 9.56. The van der Waals surface area contributed by atoms with Crippen molar-refractivity contribution in [1.29, 1.82) is 0 Å². The monoisotopic (exact) mass is 225 g/mol. The van der Waals surface area contributed by atoms with Gasteiger partial charge in [0.05, 0.1) is 0 Å². The van der Waals surface area contributed by atoms with Crippen LogP contribution in [0, 0.1) is 0 Å². The van der Waals surface area contributed by atoms with Crippen molar-refractivity contribution in [2.24, 2.45) is 0 Å². The fourth-order valence-corrected chi connectivity index (χ4v) is 2.40. The molecule has 0 saturated heterocycles. The number of benzene rings is 2. The van der Waals surface area contributed by atoms with Gasteiger partial charge >= 0.3 is 0 Å². The maximum atomic E-state index is 9.29. The van der Waals surface area contributed by atoms with Crippen molar-refractivity contribution in [3.8, 4) is 5.75 Å². The number of phenols is 1. The molecule has 2 aromatic rings. The van der Waals surface area contributed by atoms with E-state index in [1.807, 2.05) is 12.1 Å². The smallest absolute Gasteiger partial charge is 0.115 e. The predicted molar refractivity (Wildman–Crippen MR) is 67.8 cm³/mol. The summed E-state index contributed by atoms with van der Waals surface area (Å²) < 4.78 is 0. The molecule has 0 spiro atoms. The van der Waals surface area contributed by atoms with Gasteiger partial charge in [0.1, 0.15) is 5.75 Å². The third-order valence-electron chi connectivity index (χ3n) is 3.38. The highest BCUT2D eigenvalue weighted by molar-refractivity contribution is 5.34. The van der Waals surface area contributed by atoms with Gasteiger partial charge in [-0.05, 0) is 35.2 Å². The molecule has 1 atom stereocenters. The molecular weight excluding hydrogens is 210 g/mol. The molecule has 2 N–H and O–H groups in total. The van der Waals surface area contributed by atoms with Crippen molar-refractivity contribution >= 4 is 0 Å². The van der Waals surface area contributed by atoms with Crippen LogP contribution in [0.5, 0.6) is 5.75 Å². The van der Waals surface area contributed by atoms with Crippen LogP contribution in [0.3, 0.4) is 0 Å². The van der Waals surface area contributed by atoms with E-state index in [-0.39, 0.29) is 0 Å². The van der Waals surface area contributed by atoms with Gasteiger partial charge in [-0.1, -0.05) is 36.4 Å². The van der Waals surface area contributed by atoms with Gasteiger partial charge in [-0.15, -0.1) is 0 Å². The van der Waals surface area contributed by atoms with Crippen LogP contribution in [-0.2, 0) is 13.0 Å². The molecule has 2 heteroatoms. The molecule has 0 aliphatic carbocycles. The second-order valence-electron chi connectivity index (χ2n) is 4.50. The molecule has 0 saturated carbocycles. The fourth-order valence-electron chi connectivity index (χ4n) is 2.40. The fraction of sp³-hybridized carbons (Fsp3) is 0.200. The van der Waals surface area contributed by atoms with E-state index in [1.54, 1.807) is 12.1 Å². The number of hydrogen-bond acceptors (Lipinski definition) is 2. The van der Waals surface area contributed by atoms with Crippen molar-refractivity contribution in [3.63, 3.8) is 0 Å². The van der Waals surface area contributed by atoms with Crippen LogP contribution in [0.4, 0.5) is 0 Å². The summed E-state index contributed by atoms with van der Waals surface area (Å²) in [4.78, 5) is 0. The van der Waals surface area contributed by atoms with Crippen LogP contribution in [0.15, 0.2) is 48.5 Å². The molecule has 2 aromatic carbocycles. The number of fused-ring (bicyclic) bond motifs is 1. The highest BCUT2D eigenvalue weighted by atomic mass is 16.3. The molecule has 1 heterocycles. The lowest BCUT2D eigenvalue weighted by Gasteiger charge is -2.26. The summed E-state index contributed by atoms with van der Waals surface area (Å²) in [6.45, 7) is 0.918. The number of phenolic OH excluding ortho intramolecular Hbond substituents is 1. The van der Waals surface area contributed by atoms with Gasteiger partial charge < -0.3 is 10.4 Å². The highest BCUT2D eigenvalue weighted by Gasteiger charge is 2.18. The van der Waals surface area contributed by atoms with E-state index in [0.717, 1.165) is 13.0 Å². The standard InChI is InChI=1S/C15H15NO/c17-14-7-5-11(6-8-14)15-9-12-3-1-2-4-13(12)10-16-15/h1-8,15-17H,9-10H2. The third-order valence-corrected chi connectivity index (χ3v) is 3.38. The maximum absolute atomic E-state index is 9.29. The van der Waals surface area contributed by atoms with Crippen molar-refractivity contribution in [3.05, 3.63) is 65.2 Å². The molecule has 1 aliphatic heterocycles. The molecule has 0 aromatic heterocycles. The van der Waals surface area contributed by atoms with Crippen LogP contribution >= 0.6 is 0 Å². The number of hydrogen-bond donors (Lipinski definition) is 2. The van der Waals surface area contributed by atoms with Gasteiger partial charge in [0.15, 0.2) is 0 Å². The minimum absolute atomic E-state index is 0.324. The van der Waals surface area contributed by atoms with Crippen LogP contribution in [0.25, 0.3) is 0 Å². The van der Waals surface area contributed by atoms with Crippen molar-refractivity contribution in [1.82, 2.24) is 5.32 Å². The van der Waals surface area contributed by atoms with Gasteiger partial charge in [-0.2, -0.15) is 0 Å². The molecule has 3 rings (SSSR count). The number of rotatable bonds is 1. The highest BCUT2D eigenvalue weighted by Crippen LogP contribution is 2.26. The van der Waals surface area contributed by atoms with E-state index in [9.17, 15) is 5.11 Å². The average Bonchev–Trinajstić information content (AvgIpc) is 2.39. The second-order valence-corrected chi connectivity index (χ2v) is 4.50. The first-order valence-electron chi connectivity index (χ1n) is 5.92. The normalized spacial score (nSPS) is 18.7. The Labute approximate surface area is 101 Å².